The fourth-order valence-corrected chi connectivity index (χ4v) is 6.15. The van der Waals surface area contributed by atoms with Crippen LogP contribution in [0.15, 0.2) is 53.4 Å². The summed E-state index contributed by atoms with van der Waals surface area (Å²) >= 11 is 0. The van der Waals surface area contributed by atoms with E-state index >= 15 is 0 Å². The van der Waals surface area contributed by atoms with E-state index in [-0.39, 0.29) is 16.7 Å². The highest BCUT2D eigenvalue weighted by Crippen LogP contribution is 2.30. The van der Waals surface area contributed by atoms with Gasteiger partial charge in [0.15, 0.2) is 0 Å². The Kier molecular flexibility index (Phi) is 7.63. The third-order valence-corrected chi connectivity index (χ3v) is 8.51. The van der Waals surface area contributed by atoms with Gasteiger partial charge in [0.2, 0.25) is 15.9 Å². The molecule has 0 radical (unpaired) electrons. The van der Waals surface area contributed by atoms with Gasteiger partial charge < -0.3 is 19.3 Å². The lowest BCUT2D eigenvalue weighted by Gasteiger charge is -2.39. The summed E-state index contributed by atoms with van der Waals surface area (Å²) < 4.78 is 38.4. The number of carbonyl (C=O) groups is 1. The summed E-state index contributed by atoms with van der Waals surface area (Å²) in [6, 6.07) is 14.4. The molecule has 0 saturated carbocycles. The minimum absolute atomic E-state index is 0.135. The van der Waals surface area contributed by atoms with Crippen LogP contribution in [0.2, 0.25) is 0 Å². The molecule has 34 heavy (non-hydrogen) atoms. The number of amides is 1. The van der Waals surface area contributed by atoms with E-state index in [0.717, 1.165) is 24.5 Å². The Balaban J connectivity index is 1.31. The number of rotatable bonds is 7. The first kappa shape index (κ1) is 24.3. The fraction of sp³-hybridized carbons (Fsp3) is 0.480. The molecule has 0 N–H and O–H groups in total. The van der Waals surface area contributed by atoms with Crippen molar-refractivity contribution in [1.29, 1.82) is 0 Å². The first-order valence-electron chi connectivity index (χ1n) is 11.8. The van der Waals surface area contributed by atoms with Crippen molar-refractivity contribution in [2.45, 2.75) is 24.7 Å². The number of methoxy groups -OCH3 is 1. The summed E-state index contributed by atoms with van der Waals surface area (Å²) in [7, 11) is -1.91. The van der Waals surface area contributed by atoms with Gasteiger partial charge in [-0.15, -0.1) is 0 Å². The maximum Gasteiger partial charge on any atom is 0.243 e. The Bertz CT molecular complexity index is 1070. The molecule has 184 valence electrons. The quantitative estimate of drug-likeness (QED) is 0.598. The van der Waals surface area contributed by atoms with E-state index in [1.165, 1.54) is 4.31 Å². The lowest BCUT2D eigenvalue weighted by molar-refractivity contribution is -0.137. The number of para-hydroxylation sites is 2. The van der Waals surface area contributed by atoms with Crippen LogP contribution < -0.4 is 14.4 Å². The smallest absolute Gasteiger partial charge is 0.243 e. The van der Waals surface area contributed by atoms with Gasteiger partial charge >= 0.3 is 0 Å². The zero-order valence-electron chi connectivity index (χ0n) is 19.9. The third-order valence-electron chi connectivity index (χ3n) is 6.59. The molecule has 0 aromatic heterocycles. The van der Waals surface area contributed by atoms with E-state index in [0.29, 0.717) is 51.4 Å². The maximum atomic E-state index is 13.1. The molecule has 2 aliphatic rings. The molecule has 2 saturated heterocycles. The summed E-state index contributed by atoms with van der Waals surface area (Å²) in [5, 5.41) is 0. The van der Waals surface area contributed by atoms with Crippen molar-refractivity contribution in [3.63, 3.8) is 0 Å². The fourth-order valence-electron chi connectivity index (χ4n) is 4.68. The lowest BCUT2D eigenvalue weighted by atomic mass is 9.96. The van der Waals surface area contributed by atoms with E-state index in [2.05, 4.69) is 4.90 Å². The highest BCUT2D eigenvalue weighted by molar-refractivity contribution is 7.89. The topological polar surface area (TPSA) is 79.4 Å². The SMILES string of the molecule is CCOc1ccc(S(=O)(=O)N2CCC(C(=O)N3CCN(c4ccccc4OC)CC3)CC2)cc1. The molecule has 4 rings (SSSR count). The predicted molar refractivity (Wildman–Crippen MR) is 131 cm³/mol. The summed E-state index contributed by atoms with van der Waals surface area (Å²) in [4.78, 5) is 17.6. The maximum absolute atomic E-state index is 13.1. The van der Waals surface area contributed by atoms with Crippen molar-refractivity contribution in [3.05, 3.63) is 48.5 Å². The number of hydrogen-bond donors (Lipinski definition) is 0. The van der Waals surface area contributed by atoms with Gasteiger partial charge in [-0.3, -0.25) is 4.79 Å². The molecule has 0 unspecified atom stereocenters. The zero-order chi connectivity index (χ0) is 24.1. The highest BCUT2D eigenvalue weighted by Gasteiger charge is 2.34. The van der Waals surface area contributed by atoms with Gasteiger partial charge in [-0.05, 0) is 56.2 Å². The predicted octanol–water partition coefficient (Wildman–Crippen LogP) is 2.84. The second-order valence-corrected chi connectivity index (χ2v) is 10.5. The van der Waals surface area contributed by atoms with Crippen LogP contribution in [0.5, 0.6) is 11.5 Å². The van der Waals surface area contributed by atoms with Crippen LogP contribution >= 0.6 is 0 Å². The summed E-state index contributed by atoms with van der Waals surface area (Å²) in [5.74, 6) is 1.49. The number of piperidine rings is 1. The molecular formula is C25H33N3O5S. The molecule has 0 spiro atoms. The van der Waals surface area contributed by atoms with Crippen molar-refractivity contribution in [1.82, 2.24) is 9.21 Å². The number of benzene rings is 2. The van der Waals surface area contributed by atoms with Gasteiger partial charge in [0, 0.05) is 45.2 Å². The molecule has 8 nitrogen and oxygen atoms in total. The largest absolute Gasteiger partial charge is 0.495 e. The highest BCUT2D eigenvalue weighted by atomic mass is 32.2. The van der Waals surface area contributed by atoms with Crippen LogP contribution in [0.4, 0.5) is 5.69 Å². The van der Waals surface area contributed by atoms with Crippen molar-refractivity contribution in [2.75, 3.05) is 57.9 Å². The number of sulfonamides is 1. The van der Waals surface area contributed by atoms with Gasteiger partial charge in [-0.25, -0.2) is 8.42 Å². The average molecular weight is 488 g/mol. The molecule has 1 amide bonds. The Morgan fingerprint density at radius 3 is 2.21 bits per heavy atom. The first-order chi connectivity index (χ1) is 16.4. The molecular weight excluding hydrogens is 454 g/mol. The summed E-state index contributed by atoms with van der Waals surface area (Å²) in [5.41, 5.74) is 1.05. The van der Waals surface area contributed by atoms with Gasteiger partial charge in [0.05, 0.1) is 24.3 Å². The van der Waals surface area contributed by atoms with Crippen LogP contribution in [0.3, 0.4) is 0 Å². The molecule has 9 heteroatoms. The van der Waals surface area contributed by atoms with Crippen molar-refractivity contribution < 1.29 is 22.7 Å². The minimum atomic E-state index is -3.58. The normalized spacial score (nSPS) is 18.1. The second-order valence-electron chi connectivity index (χ2n) is 8.57. The Labute approximate surface area is 202 Å². The number of piperazine rings is 1. The number of hydrogen-bond acceptors (Lipinski definition) is 6. The van der Waals surface area contributed by atoms with E-state index in [4.69, 9.17) is 9.47 Å². The number of nitrogens with zero attached hydrogens (tertiary/aromatic N) is 3. The standard InChI is InChI=1S/C25H33N3O5S/c1-3-33-21-8-10-22(11-9-21)34(30,31)28-14-12-20(13-15-28)25(29)27-18-16-26(17-19-27)23-6-4-5-7-24(23)32-2/h4-11,20H,3,12-19H2,1-2H3. The first-order valence-corrected chi connectivity index (χ1v) is 13.3. The van der Waals surface area contributed by atoms with E-state index < -0.39 is 10.0 Å². The van der Waals surface area contributed by atoms with Gasteiger partial charge in [-0.1, -0.05) is 12.1 Å². The van der Waals surface area contributed by atoms with Crippen molar-refractivity contribution in [3.8, 4) is 11.5 Å². The van der Waals surface area contributed by atoms with Crippen molar-refractivity contribution >= 4 is 21.6 Å². The number of carbonyl (C=O) groups excluding carboxylic acids is 1. The van der Waals surface area contributed by atoms with E-state index in [1.807, 2.05) is 36.1 Å². The Hall–Kier alpha value is -2.78. The van der Waals surface area contributed by atoms with Crippen LogP contribution in [0.25, 0.3) is 0 Å². The third kappa shape index (κ3) is 5.15. The Morgan fingerprint density at radius 2 is 1.59 bits per heavy atom. The van der Waals surface area contributed by atoms with Crippen LogP contribution in [0.1, 0.15) is 19.8 Å². The molecule has 2 aromatic rings. The number of ether oxygens (including phenoxy) is 2. The Morgan fingerprint density at radius 1 is 0.941 bits per heavy atom. The van der Waals surface area contributed by atoms with Crippen LogP contribution in [-0.2, 0) is 14.8 Å². The molecule has 2 aromatic carbocycles. The summed E-state index contributed by atoms with van der Waals surface area (Å²) in [6.45, 7) is 5.93. The van der Waals surface area contributed by atoms with Gasteiger partial charge in [0.1, 0.15) is 11.5 Å². The monoisotopic (exact) mass is 487 g/mol. The van der Waals surface area contributed by atoms with Gasteiger partial charge in [0.25, 0.3) is 0 Å². The second kappa shape index (κ2) is 10.7. The number of anilines is 1. The van der Waals surface area contributed by atoms with E-state index in [9.17, 15) is 13.2 Å². The molecule has 0 atom stereocenters. The van der Waals surface area contributed by atoms with Crippen LogP contribution in [0, 0.1) is 5.92 Å². The molecule has 0 aliphatic carbocycles. The molecule has 2 heterocycles. The summed E-state index contributed by atoms with van der Waals surface area (Å²) in [6.07, 6.45) is 1.09. The van der Waals surface area contributed by atoms with Crippen molar-refractivity contribution in [2.24, 2.45) is 5.92 Å². The lowest BCUT2D eigenvalue weighted by Crippen LogP contribution is -2.52. The van der Waals surface area contributed by atoms with Gasteiger partial charge in [-0.2, -0.15) is 4.31 Å². The van der Waals surface area contributed by atoms with Crippen LogP contribution in [-0.4, -0.2) is 76.5 Å². The molecule has 0 bridgehead atoms. The minimum Gasteiger partial charge on any atom is -0.495 e. The molecule has 2 aliphatic heterocycles. The zero-order valence-corrected chi connectivity index (χ0v) is 20.7. The van der Waals surface area contributed by atoms with E-state index in [1.54, 1.807) is 31.4 Å². The average Bonchev–Trinajstić information content (AvgIpc) is 2.89. The molecule has 2 fully saturated rings.